The number of nitrogens with zero attached hydrogens (tertiary/aromatic N) is 1. The van der Waals surface area contributed by atoms with Crippen LogP contribution in [0.1, 0.15) is 0 Å². The maximum absolute atomic E-state index is 13.5. The lowest BCUT2D eigenvalue weighted by atomic mass is 10.4. The fourth-order valence-corrected chi connectivity index (χ4v) is 1.70. The second kappa shape index (κ2) is 4.57. The van der Waals surface area contributed by atoms with Crippen molar-refractivity contribution in [2.24, 2.45) is 5.14 Å². The van der Waals surface area contributed by atoms with Gasteiger partial charge in [-0.05, 0) is 0 Å². The molecule has 18 heavy (non-hydrogen) atoms. The van der Waals surface area contributed by atoms with E-state index < -0.39 is 38.7 Å². The van der Waals surface area contributed by atoms with Crippen molar-refractivity contribution in [2.75, 3.05) is 7.11 Å². The van der Waals surface area contributed by atoms with Crippen LogP contribution in [0.25, 0.3) is 0 Å². The number of hydrogen-bond donors (Lipinski definition) is 1. The van der Waals surface area contributed by atoms with Crippen molar-refractivity contribution in [1.29, 1.82) is 0 Å². The van der Waals surface area contributed by atoms with E-state index in [1.54, 1.807) is 0 Å². The molecule has 6 nitrogen and oxygen atoms in total. The Labute approximate surface area is 98.4 Å². The van der Waals surface area contributed by atoms with Crippen LogP contribution in [-0.2, 0) is 10.0 Å². The zero-order valence-corrected chi connectivity index (χ0v) is 9.47. The number of methoxy groups -OCH3 is 1. The molecule has 0 amide bonds. The molecule has 1 heterocycles. The molecular weight excluding hydrogens is 284 g/mol. The van der Waals surface area contributed by atoms with Crippen LogP contribution < -0.4 is 14.6 Å². The first-order valence-electron chi connectivity index (χ1n) is 4.07. The average molecular weight is 290 g/mol. The largest absolute Gasteiger partial charge is 0.574 e. The smallest absolute Gasteiger partial charge is 0.492 e. The highest BCUT2D eigenvalue weighted by Crippen LogP contribution is 2.32. The fourth-order valence-electron chi connectivity index (χ4n) is 1.01. The molecule has 0 saturated carbocycles. The van der Waals surface area contributed by atoms with Crippen LogP contribution in [-0.4, -0.2) is 26.9 Å². The molecule has 1 rings (SSSR count). The predicted molar refractivity (Wildman–Crippen MR) is 48.8 cm³/mol. The molecule has 11 heteroatoms. The molecule has 0 aliphatic heterocycles. The van der Waals surface area contributed by atoms with Crippen LogP contribution >= 0.6 is 0 Å². The van der Waals surface area contributed by atoms with Crippen molar-refractivity contribution in [3.8, 4) is 11.6 Å². The molecule has 0 atom stereocenters. The summed E-state index contributed by atoms with van der Waals surface area (Å²) < 4.78 is 79.1. The van der Waals surface area contributed by atoms with E-state index in [1.807, 2.05) is 0 Å². The molecule has 2 N–H and O–H groups in total. The zero-order valence-electron chi connectivity index (χ0n) is 8.66. The molecule has 0 bridgehead atoms. The van der Waals surface area contributed by atoms with Gasteiger partial charge in [-0.2, -0.15) is 0 Å². The van der Waals surface area contributed by atoms with E-state index in [1.165, 1.54) is 0 Å². The predicted octanol–water partition coefficient (Wildman–Crippen LogP) is 0.775. The summed E-state index contributed by atoms with van der Waals surface area (Å²) in [5.41, 5.74) is 0. The third-order valence-corrected chi connectivity index (χ3v) is 2.55. The van der Waals surface area contributed by atoms with E-state index in [4.69, 9.17) is 0 Å². The van der Waals surface area contributed by atoms with Crippen LogP contribution in [0.4, 0.5) is 17.6 Å². The van der Waals surface area contributed by atoms with Gasteiger partial charge in [0.05, 0.1) is 13.3 Å². The monoisotopic (exact) mass is 290 g/mol. The first-order valence-corrected chi connectivity index (χ1v) is 5.62. The normalized spacial score (nSPS) is 12.3. The Bertz CT molecular complexity index is 557. The highest BCUT2D eigenvalue weighted by atomic mass is 32.2. The van der Waals surface area contributed by atoms with Gasteiger partial charge in [0, 0.05) is 0 Å². The summed E-state index contributed by atoms with van der Waals surface area (Å²) in [6.45, 7) is 0. The SMILES string of the molecule is COc1cnc(OC(F)(F)F)c(S(N)(=O)=O)c1F. The Kier molecular flexibility index (Phi) is 3.67. The van der Waals surface area contributed by atoms with E-state index >= 15 is 0 Å². The minimum Gasteiger partial charge on any atom is -0.492 e. The number of rotatable bonds is 3. The summed E-state index contributed by atoms with van der Waals surface area (Å²) in [7, 11) is -3.84. The van der Waals surface area contributed by atoms with Crippen LogP contribution in [0.3, 0.4) is 0 Å². The molecular formula is C7H6F4N2O4S. The van der Waals surface area contributed by atoms with Gasteiger partial charge in [-0.15, -0.1) is 13.2 Å². The summed E-state index contributed by atoms with van der Waals surface area (Å²) >= 11 is 0. The van der Waals surface area contributed by atoms with Gasteiger partial charge in [0.2, 0.25) is 15.9 Å². The third-order valence-electron chi connectivity index (χ3n) is 1.63. The summed E-state index contributed by atoms with van der Waals surface area (Å²) in [6.07, 6.45) is -4.71. The Hall–Kier alpha value is -1.62. The number of ether oxygens (including phenoxy) is 2. The van der Waals surface area contributed by atoms with Gasteiger partial charge in [0.15, 0.2) is 16.5 Å². The molecule has 0 aliphatic carbocycles. The van der Waals surface area contributed by atoms with Gasteiger partial charge >= 0.3 is 6.36 Å². The number of sulfonamides is 1. The summed E-state index contributed by atoms with van der Waals surface area (Å²) in [5.74, 6) is -3.81. The number of nitrogens with two attached hydrogens (primary N) is 1. The Morgan fingerprint density at radius 1 is 1.39 bits per heavy atom. The van der Waals surface area contributed by atoms with Crippen LogP contribution in [0.15, 0.2) is 11.1 Å². The first-order chi connectivity index (χ1) is 8.06. The molecule has 0 radical (unpaired) electrons. The standard InChI is InChI=1S/C7H6F4N2O4S/c1-16-3-2-13-6(17-7(9,10)11)5(4(3)8)18(12,14)15/h2H,1H3,(H2,12,14,15). The van der Waals surface area contributed by atoms with Crippen molar-refractivity contribution < 1.29 is 35.5 Å². The van der Waals surface area contributed by atoms with Crippen LogP contribution in [0.2, 0.25) is 0 Å². The molecule has 0 aliphatic rings. The van der Waals surface area contributed by atoms with E-state index in [-0.39, 0.29) is 0 Å². The van der Waals surface area contributed by atoms with Gasteiger partial charge in [-0.25, -0.2) is 22.9 Å². The molecule has 1 aromatic rings. The molecule has 0 spiro atoms. The number of pyridine rings is 1. The van der Waals surface area contributed by atoms with Crippen molar-refractivity contribution in [2.45, 2.75) is 11.3 Å². The number of alkyl halides is 3. The maximum Gasteiger partial charge on any atom is 0.574 e. The second-order valence-electron chi connectivity index (χ2n) is 2.87. The number of aromatic nitrogens is 1. The molecule has 0 unspecified atom stereocenters. The average Bonchev–Trinajstić information content (AvgIpc) is 2.13. The van der Waals surface area contributed by atoms with Gasteiger partial charge in [-0.3, -0.25) is 0 Å². The quantitative estimate of drug-likeness (QED) is 0.830. The Morgan fingerprint density at radius 3 is 2.33 bits per heavy atom. The van der Waals surface area contributed by atoms with Gasteiger partial charge in [0.1, 0.15) is 0 Å². The minimum absolute atomic E-state index is 0.533. The first kappa shape index (κ1) is 14.4. The number of primary sulfonamides is 1. The van der Waals surface area contributed by atoms with Crippen molar-refractivity contribution in [3.05, 3.63) is 12.0 Å². The maximum atomic E-state index is 13.5. The van der Waals surface area contributed by atoms with E-state index in [2.05, 4.69) is 19.6 Å². The summed E-state index contributed by atoms with van der Waals surface area (Å²) in [4.78, 5) is 1.47. The van der Waals surface area contributed by atoms with E-state index in [0.29, 0.717) is 6.20 Å². The number of halogens is 4. The lowest BCUT2D eigenvalue weighted by Crippen LogP contribution is -2.23. The topological polar surface area (TPSA) is 91.5 Å². The fraction of sp³-hybridized carbons (Fsp3) is 0.286. The zero-order chi connectivity index (χ0) is 14.1. The molecule has 0 fully saturated rings. The Morgan fingerprint density at radius 2 is 1.94 bits per heavy atom. The van der Waals surface area contributed by atoms with Crippen LogP contribution in [0, 0.1) is 5.82 Å². The second-order valence-corrected chi connectivity index (χ2v) is 4.37. The third kappa shape index (κ3) is 3.20. The van der Waals surface area contributed by atoms with Gasteiger partial charge < -0.3 is 9.47 Å². The lowest BCUT2D eigenvalue weighted by molar-refractivity contribution is -0.277. The minimum atomic E-state index is -5.24. The summed E-state index contributed by atoms with van der Waals surface area (Å²) in [6, 6.07) is 0. The molecule has 102 valence electrons. The summed E-state index contributed by atoms with van der Waals surface area (Å²) in [5, 5.41) is 4.59. The van der Waals surface area contributed by atoms with Gasteiger partial charge in [0.25, 0.3) is 0 Å². The van der Waals surface area contributed by atoms with E-state index in [0.717, 1.165) is 7.11 Å². The van der Waals surface area contributed by atoms with Crippen molar-refractivity contribution >= 4 is 10.0 Å². The number of hydrogen-bond acceptors (Lipinski definition) is 5. The molecule has 0 aromatic carbocycles. The Balaban J connectivity index is 3.50. The molecule has 1 aromatic heterocycles. The van der Waals surface area contributed by atoms with Gasteiger partial charge in [-0.1, -0.05) is 0 Å². The van der Waals surface area contributed by atoms with Crippen molar-refractivity contribution in [3.63, 3.8) is 0 Å². The van der Waals surface area contributed by atoms with Crippen LogP contribution in [0.5, 0.6) is 11.6 Å². The molecule has 0 saturated heterocycles. The highest BCUT2D eigenvalue weighted by Gasteiger charge is 2.36. The van der Waals surface area contributed by atoms with Crippen molar-refractivity contribution in [1.82, 2.24) is 4.98 Å². The highest BCUT2D eigenvalue weighted by molar-refractivity contribution is 7.89. The lowest BCUT2D eigenvalue weighted by Gasteiger charge is -2.12. The van der Waals surface area contributed by atoms with E-state index in [9.17, 15) is 26.0 Å².